The van der Waals surface area contributed by atoms with Gasteiger partial charge in [0.25, 0.3) is 11.7 Å². The Hall–Kier alpha value is -3.04. The maximum absolute atomic E-state index is 11.9. The number of carbonyl (C=O) groups excluding carboxylic acids is 1. The number of fused-ring (bicyclic) bond motifs is 1. The van der Waals surface area contributed by atoms with Gasteiger partial charge in [0.2, 0.25) is 5.82 Å². The number of carbonyl (C=O) groups is 3. The zero-order valence-corrected chi connectivity index (χ0v) is 10.8. The summed E-state index contributed by atoms with van der Waals surface area (Å²) in [4.78, 5) is 41.1. The van der Waals surface area contributed by atoms with Crippen LogP contribution in [0.1, 0.15) is 22.7 Å². The molecule has 2 aromatic heterocycles. The van der Waals surface area contributed by atoms with E-state index in [2.05, 4.69) is 20.4 Å². The van der Waals surface area contributed by atoms with Crippen molar-refractivity contribution >= 4 is 23.6 Å². The summed E-state index contributed by atoms with van der Waals surface area (Å²) in [6.45, 7) is 1.73. The Kier molecular flexibility index (Phi) is 3.78. The molecule has 21 heavy (non-hydrogen) atoms. The number of nitrogens with zero attached hydrogens (tertiary/aromatic N) is 4. The molecule has 0 fully saturated rings. The van der Waals surface area contributed by atoms with Crippen LogP contribution in [-0.2, 0) is 9.59 Å². The number of aromatic nitrogens is 4. The molecule has 0 aromatic carbocycles. The second-order valence-electron chi connectivity index (χ2n) is 4.20. The van der Waals surface area contributed by atoms with Crippen molar-refractivity contribution in [3.8, 4) is 0 Å². The van der Waals surface area contributed by atoms with Crippen molar-refractivity contribution < 1.29 is 24.6 Å². The minimum Gasteiger partial charge on any atom is -0.481 e. The van der Waals surface area contributed by atoms with Crippen LogP contribution in [-0.4, -0.2) is 53.7 Å². The van der Waals surface area contributed by atoms with E-state index in [1.165, 1.54) is 10.7 Å². The number of carboxylic acid groups (broad SMARTS) is 2. The van der Waals surface area contributed by atoms with Crippen LogP contribution in [0.3, 0.4) is 0 Å². The molecule has 110 valence electrons. The van der Waals surface area contributed by atoms with Crippen LogP contribution in [0.4, 0.5) is 0 Å². The molecule has 0 aliphatic rings. The van der Waals surface area contributed by atoms with Gasteiger partial charge in [0.1, 0.15) is 6.04 Å². The first kappa shape index (κ1) is 14.4. The molecule has 3 N–H and O–H groups in total. The molecule has 0 aliphatic heterocycles. The highest BCUT2D eigenvalue weighted by atomic mass is 16.4. The molecule has 2 heterocycles. The summed E-state index contributed by atoms with van der Waals surface area (Å²) in [6, 6.07) is 0.101. The maximum Gasteiger partial charge on any atom is 0.326 e. The lowest BCUT2D eigenvalue weighted by atomic mass is 10.2. The van der Waals surface area contributed by atoms with Gasteiger partial charge in [-0.15, -0.1) is 5.10 Å². The monoisotopic (exact) mass is 293 g/mol. The second-order valence-corrected chi connectivity index (χ2v) is 4.20. The minimum absolute atomic E-state index is 0.185. The number of amides is 1. The summed E-state index contributed by atoms with van der Waals surface area (Å²) >= 11 is 0. The number of carboxylic acids is 2. The topological polar surface area (TPSA) is 147 Å². The van der Waals surface area contributed by atoms with Crippen molar-refractivity contribution in [2.24, 2.45) is 0 Å². The van der Waals surface area contributed by atoms with Gasteiger partial charge in [0.05, 0.1) is 6.42 Å². The Labute approximate surface area is 117 Å². The van der Waals surface area contributed by atoms with Gasteiger partial charge in [0.15, 0.2) is 0 Å². The summed E-state index contributed by atoms with van der Waals surface area (Å²) in [5.41, 5.74) is 0.687. The average Bonchev–Trinajstić information content (AvgIpc) is 2.82. The van der Waals surface area contributed by atoms with E-state index < -0.39 is 30.3 Å². The number of aliphatic carboxylic acids is 2. The number of rotatable bonds is 5. The molecular weight excluding hydrogens is 282 g/mol. The zero-order chi connectivity index (χ0) is 15.6. The molecule has 0 spiro atoms. The first-order valence-corrected chi connectivity index (χ1v) is 5.82. The fourth-order valence-electron chi connectivity index (χ4n) is 1.60. The SMILES string of the molecule is Cc1ccnc2nc(C(=O)NC(CC(=O)O)C(=O)O)nn12. The van der Waals surface area contributed by atoms with Crippen LogP contribution in [0.2, 0.25) is 0 Å². The molecule has 10 heteroatoms. The summed E-state index contributed by atoms with van der Waals surface area (Å²) in [5.74, 6) is -3.78. The van der Waals surface area contributed by atoms with Gasteiger partial charge in [-0.1, -0.05) is 0 Å². The van der Waals surface area contributed by atoms with Crippen molar-refractivity contribution in [1.29, 1.82) is 0 Å². The van der Waals surface area contributed by atoms with Gasteiger partial charge in [-0.05, 0) is 13.0 Å². The third-order valence-electron chi connectivity index (χ3n) is 2.62. The summed E-state index contributed by atoms with van der Waals surface area (Å²) < 4.78 is 1.32. The lowest BCUT2D eigenvalue weighted by Gasteiger charge is -2.10. The molecule has 0 bridgehead atoms. The quantitative estimate of drug-likeness (QED) is 0.642. The molecule has 0 radical (unpaired) electrons. The number of hydrogen-bond acceptors (Lipinski definition) is 6. The van der Waals surface area contributed by atoms with Crippen LogP contribution in [0.5, 0.6) is 0 Å². The molecule has 1 amide bonds. The van der Waals surface area contributed by atoms with Gasteiger partial charge in [0, 0.05) is 11.9 Å². The van der Waals surface area contributed by atoms with E-state index in [1.54, 1.807) is 13.0 Å². The smallest absolute Gasteiger partial charge is 0.326 e. The highest BCUT2D eigenvalue weighted by molar-refractivity contribution is 5.94. The minimum atomic E-state index is -1.56. The Morgan fingerprint density at radius 3 is 2.67 bits per heavy atom. The van der Waals surface area contributed by atoms with Gasteiger partial charge < -0.3 is 15.5 Å². The van der Waals surface area contributed by atoms with Gasteiger partial charge in [-0.3, -0.25) is 9.59 Å². The first-order valence-electron chi connectivity index (χ1n) is 5.82. The van der Waals surface area contributed by atoms with Crippen molar-refractivity contribution in [2.75, 3.05) is 0 Å². The highest BCUT2D eigenvalue weighted by Crippen LogP contribution is 2.03. The van der Waals surface area contributed by atoms with E-state index in [0.29, 0.717) is 5.69 Å². The van der Waals surface area contributed by atoms with E-state index in [0.717, 1.165) is 0 Å². The molecule has 0 saturated carbocycles. The third-order valence-corrected chi connectivity index (χ3v) is 2.62. The van der Waals surface area contributed by atoms with Crippen LogP contribution in [0.25, 0.3) is 5.78 Å². The standard InChI is InChI=1S/C11H11N5O5/c1-5-2-3-12-11-14-8(15-16(5)11)9(19)13-6(10(20)21)4-7(17)18/h2-3,6H,4H2,1H3,(H,13,19)(H,17,18)(H,20,21). The van der Waals surface area contributed by atoms with E-state index in [1.807, 2.05) is 0 Å². The maximum atomic E-state index is 11.9. The van der Waals surface area contributed by atoms with E-state index >= 15 is 0 Å². The largest absolute Gasteiger partial charge is 0.481 e. The van der Waals surface area contributed by atoms with E-state index in [4.69, 9.17) is 10.2 Å². The fraction of sp³-hybridized carbons (Fsp3) is 0.273. The summed E-state index contributed by atoms with van der Waals surface area (Å²) in [6.07, 6.45) is 0.747. The van der Waals surface area contributed by atoms with Crippen molar-refractivity contribution in [1.82, 2.24) is 24.9 Å². The molecule has 0 saturated heterocycles. The van der Waals surface area contributed by atoms with Crippen LogP contribution in [0, 0.1) is 6.92 Å². The Balaban J connectivity index is 2.23. The summed E-state index contributed by atoms with van der Waals surface area (Å²) in [7, 11) is 0. The van der Waals surface area contributed by atoms with E-state index in [-0.39, 0.29) is 11.6 Å². The average molecular weight is 293 g/mol. The Bertz CT molecular complexity index is 725. The molecule has 10 nitrogen and oxygen atoms in total. The molecule has 1 unspecified atom stereocenters. The van der Waals surface area contributed by atoms with Gasteiger partial charge in [-0.2, -0.15) is 4.98 Å². The predicted molar refractivity (Wildman–Crippen MR) is 66.7 cm³/mol. The van der Waals surface area contributed by atoms with Gasteiger partial charge in [-0.25, -0.2) is 14.3 Å². The molecular formula is C11H11N5O5. The van der Waals surface area contributed by atoms with Crippen molar-refractivity contribution in [3.05, 3.63) is 23.8 Å². The van der Waals surface area contributed by atoms with Crippen LogP contribution >= 0.6 is 0 Å². The molecule has 2 rings (SSSR count). The lowest BCUT2D eigenvalue weighted by molar-refractivity contribution is -0.145. The number of aryl methyl sites for hydroxylation is 1. The number of hydrogen-bond donors (Lipinski definition) is 3. The molecule has 0 aliphatic carbocycles. The van der Waals surface area contributed by atoms with Crippen molar-refractivity contribution in [3.63, 3.8) is 0 Å². The van der Waals surface area contributed by atoms with Crippen LogP contribution in [0.15, 0.2) is 12.3 Å². The second kappa shape index (κ2) is 5.53. The molecule has 2 aromatic rings. The lowest BCUT2D eigenvalue weighted by Crippen LogP contribution is -2.42. The van der Waals surface area contributed by atoms with E-state index in [9.17, 15) is 14.4 Å². The van der Waals surface area contributed by atoms with Crippen LogP contribution < -0.4 is 5.32 Å². The zero-order valence-electron chi connectivity index (χ0n) is 10.8. The predicted octanol–water partition coefficient (Wildman–Crippen LogP) is -0.910. The molecule has 1 atom stereocenters. The Morgan fingerprint density at radius 1 is 1.38 bits per heavy atom. The highest BCUT2D eigenvalue weighted by Gasteiger charge is 2.25. The summed E-state index contributed by atoms with van der Waals surface area (Å²) in [5, 5.41) is 23.4. The normalized spacial score (nSPS) is 12.0. The van der Waals surface area contributed by atoms with Crippen molar-refractivity contribution in [2.45, 2.75) is 19.4 Å². The van der Waals surface area contributed by atoms with Gasteiger partial charge >= 0.3 is 11.9 Å². The fourth-order valence-corrected chi connectivity index (χ4v) is 1.60. The number of nitrogens with one attached hydrogen (secondary N) is 1. The Morgan fingerprint density at radius 2 is 2.10 bits per heavy atom. The third kappa shape index (κ3) is 3.11. The first-order chi connectivity index (χ1) is 9.88.